The molecule has 3 aromatic rings. The first-order valence-electron chi connectivity index (χ1n) is 10.6. The third-order valence-electron chi connectivity index (χ3n) is 6.38. The van der Waals surface area contributed by atoms with Gasteiger partial charge in [0.15, 0.2) is 0 Å². The van der Waals surface area contributed by atoms with E-state index in [4.69, 9.17) is 9.47 Å². The predicted octanol–water partition coefficient (Wildman–Crippen LogP) is 4.70. The molecule has 6 nitrogen and oxygen atoms in total. The molecule has 2 aliphatic rings. The van der Waals surface area contributed by atoms with E-state index in [2.05, 4.69) is 24.3 Å². The van der Waals surface area contributed by atoms with Crippen LogP contribution in [-0.4, -0.2) is 42.3 Å². The van der Waals surface area contributed by atoms with Crippen LogP contribution < -0.4 is 4.74 Å². The predicted molar refractivity (Wildman–Crippen MR) is 119 cm³/mol. The van der Waals surface area contributed by atoms with Crippen LogP contribution in [0, 0.1) is 0 Å². The number of carboxylic acid groups (broad SMARTS) is 1. The Morgan fingerprint density at radius 3 is 2.31 bits per heavy atom. The van der Waals surface area contributed by atoms with E-state index in [1.807, 2.05) is 30.3 Å². The summed E-state index contributed by atoms with van der Waals surface area (Å²) in [5, 5.41) is 9.63. The van der Waals surface area contributed by atoms with Crippen molar-refractivity contribution in [2.45, 2.75) is 18.9 Å². The van der Waals surface area contributed by atoms with Crippen LogP contribution in [0.3, 0.4) is 0 Å². The number of carbonyl (C=O) groups excluding carboxylic acids is 1. The highest BCUT2D eigenvalue weighted by molar-refractivity contribution is 5.90. The Morgan fingerprint density at radius 1 is 1.03 bits per heavy atom. The lowest BCUT2D eigenvalue weighted by Crippen LogP contribution is -2.37. The smallest absolute Gasteiger partial charge is 0.410 e. The van der Waals surface area contributed by atoms with Crippen LogP contribution in [0.5, 0.6) is 5.75 Å². The van der Waals surface area contributed by atoms with Gasteiger partial charge < -0.3 is 19.5 Å². The molecule has 32 heavy (non-hydrogen) atoms. The van der Waals surface area contributed by atoms with Gasteiger partial charge in [-0.15, -0.1) is 0 Å². The molecule has 0 unspecified atom stereocenters. The van der Waals surface area contributed by atoms with Gasteiger partial charge in [-0.25, -0.2) is 9.59 Å². The van der Waals surface area contributed by atoms with Gasteiger partial charge in [-0.3, -0.25) is 0 Å². The molecule has 0 fully saturated rings. The summed E-state index contributed by atoms with van der Waals surface area (Å²) in [4.78, 5) is 26.3. The van der Waals surface area contributed by atoms with Crippen LogP contribution in [0.1, 0.15) is 38.5 Å². The van der Waals surface area contributed by atoms with Gasteiger partial charge in [-0.05, 0) is 51.9 Å². The summed E-state index contributed by atoms with van der Waals surface area (Å²) in [5.41, 5.74) is 6.36. The molecular formula is C26H23NO5. The fraction of sp³-hybridized carbons (Fsp3) is 0.231. The van der Waals surface area contributed by atoms with E-state index in [0.29, 0.717) is 24.3 Å². The number of amides is 1. The number of benzene rings is 3. The second kappa shape index (κ2) is 8.04. The first kappa shape index (κ1) is 20.1. The molecule has 1 amide bonds. The number of fused-ring (bicyclic) bond motifs is 4. The molecule has 0 bridgehead atoms. The number of hydrogen-bond donors (Lipinski definition) is 1. The molecule has 0 radical (unpaired) electrons. The van der Waals surface area contributed by atoms with Crippen LogP contribution in [0.2, 0.25) is 0 Å². The lowest BCUT2D eigenvalue weighted by molar-refractivity contribution is 0.0688. The number of hydrogen-bond acceptors (Lipinski definition) is 4. The highest BCUT2D eigenvalue weighted by Crippen LogP contribution is 2.44. The number of carboxylic acids is 1. The maximum Gasteiger partial charge on any atom is 0.410 e. The number of rotatable bonds is 4. The van der Waals surface area contributed by atoms with Crippen molar-refractivity contribution < 1.29 is 24.2 Å². The van der Waals surface area contributed by atoms with E-state index in [0.717, 1.165) is 16.7 Å². The van der Waals surface area contributed by atoms with Crippen molar-refractivity contribution in [3.05, 3.63) is 88.5 Å². The zero-order valence-electron chi connectivity index (χ0n) is 17.7. The summed E-state index contributed by atoms with van der Waals surface area (Å²) in [6.45, 7) is 0.915. The molecule has 0 spiro atoms. The van der Waals surface area contributed by atoms with Crippen LogP contribution in [0.25, 0.3) is 11.1 Å². The minimum Gasteiger partial charge on any atom is -0.497 e. The number of aromatic carboxylic acids is 1. The highest BCUT2D eigenvalue weighted by atomic mass is 16.6. The van der Waals surface area contributed by atoms with E-state index in [1.165, 1.54) is 24.3 Å². The van der Waals surface area contributed by atoms with Crippen molar-refractivity contribution in [2.75, 3.05) is 20.3 Å². The molecule has 1 aliphatic heterocycles. The van der Waals surface area contributed by atoms with Crippen molar-refractivity contribution >= 4 is 12.1 Å². The first-order valence-corrected chi connectivity index (χ1v) is 10.6. The van der Waals surface area contributed by atoms with E-state index in [1.54, 1.807) is 4.90 Å². The van der Waals surface area contributed by atoms with Crippen LogP contribution >= 0.6 is 0 Å². The molecule has 0 aromatic heterocycles. The maximum atomic E-state index is 12.9. The van der Waals surface area contributed by atoms with E-state index < -0.39 is 12.1 Å². The Balaban J connectivity index is 1.34. The van der Waals surface area contributed by atoms with Gasteiger partial charge in [0.2, 0.25) is 0 Å². The lowest BCUT2D eigenvalue weighted by atomic mass is 9.94. The van der Waals surface area contributed by atoms with Gasteiger partial charge in [0.25, 0.3) is 0 Å². The number of methoxy groups -OCH3 is 1. The van der Waals surface area contributed by atoms with Crippen LogP contribution in [-0.2, 0) is 17.7 Å². The van der Waals surface area contributed by atoms with Gasteiger partial charge in [0, 0.05) is 12.5 Å². The van der Waals surface area contributed by atoms with Gasteiger partial charge in [-0.2, -0.15) is 0 Å². The molecule has 1 heterocycles. The Labute approximate surface area is 186 Å². The molecule has 1 aliphatic carbocycles. The molecule has 1 N–H and O–H groups in total. The SMILES string of the molecule is COc1cc2c(c(C(=O)O)c1)CN(C(=O)OCC1c3ccccc3-c3ccccc31)CC2. The molecular weight excluding hydrogens is 406 g/mol. The lowest BCUT2D eigenvalue weighted by Gasteiger charge is -2.30. The van der Waals surface area contributed by atoms with E-state index >= 15 is 0 Å². The standard InChI is InChI=1S/C26H23NO5/c1-31-17-12-16-10-11-27(14-23(16)22(13-17)25(28)29)26(30)32-15-24-20-8-4-2-6-18(20)19-7-3-5-9-21(19)24/h2-9,12-13,24H,10-11,14-15H2,1H3,(H,28,29). The van der Waals surface area contributed by atoms with E-state index in [9.17, 15) is 14.7 Å². The van der Waals surface area contributed by atoms with Gasteiger partial charge >= 0.3 is 12.1 Å². The largest absolute Gasteiger partial charge is 0.497 e. The summed E-state index contributed by atoms with van der Waals surface area (Å²) in [6, 6.07) is 19.7. The van der Waals surface area contributed by atoms with E-state index in [-0.39, 0.29) is 24.6 Å². The Bertz CT molecular complexity index is 1170. The topological polar surface area (TPSA) is 76.1 Å². The minimum absolute atomic E-state index is 0.0118. The maximum absolute atomic E-state index is 12.9. The quantitative estimate of drug-likeness (QED) is 0.651. The summed E-state index contributed by atoms with van der Waals surface area (Å²) in [6.07, 6.45) is 0.126. The zero-order chi connectivity index (χ0) is 22.2. The normalized spacial score (nSPS) is 14.3. The van der Waals surface area contributed by atoms with Crippen LogP contribution in [0.15, 0.2) is 60.7 Å². The first-order chi connectivity index (χ1) is 15.6. The molecule has 6 heteroatoms. The average molecular weight is 429 g/mol. The number of carbonyl (C=O) groups is 2. The van der Waals surface area contributed by atoms with Crippen molar-refractivity contribution in [1.29, 1.82) is 0 Å². The Kier molecular flexibility index (Phi) is 5.05. The molecule has 0 saturated carbocycles. The Hall–Kier alpha value is -3.80. The molecule has 162 valence electrons. The van der Waals surface area contributed by atoms with Gasteiger partial charge in [0.1, 0.15) is 12.4 Å². The minimum atomic E-state index is -1.03. The average Bonchev–Trinajstić information content (AvgIpc) is 3.15. The summed E-state index contributed by atoms with van der Waals surface area (Å²) >= 11 is 0. The second-order valence-electron chi connectivity index (χ2n) is 8.09. The Morgan fingerprint density at radius 2 is 1.69 bits per heavy atom. The monoisotopic (exact) mass is 429 g/mol. The van der Waals surface area contributed by atoms with Gasteiger partial charge in [0.05, 0.1) is 19.2 Å². The number of ether oxygens (including phenoxy) is 2. The number of nitrogens with zero attached hydrogens (tertiary/aromatic N) is 1. The summed E-state index contributed by atoms with van der Waals surface area (Å²) < 4.78 is 11.0. The zero-order valence-corrected chi connectivity index (χ0v) is 17.7. The molecule has 5 rings (SSSR count). The fourth-order valence-corrected chi connectivity index (χ4v) is 4.79. The summed E-state index contributed by atoms with van der Waals surface area (Å²) in [7, 11) is 1.51. The van der Waals surface area contributed by atoms with Crippen molar-refractivity contribution in [1.82, 2.24) is 4.90 Å². The second-order valence-corrected chi connectivity index (χ2v) is 8.09. The van der Waals surface area contributed by atoms with Gasteiger partial charge in [-0.1, -0.05) is 48.5 Å². The highest BCUT2D eigenvalue weighted by Gasteiger charge is 2.31. The van der Waals surface area contributed by atoms with Crippen molar-refractivity contribution in [3.8, 4) is 16.9 Å². The molecule has 3 aromatic carbocycles. The summed E-state index contributed by atoms with van der Waals surface area (Å²) in [5.74, 6) is -0.535. The van der Waals surface area contributed by atoms with Crippen molar-refractivity contribution in [2.24, 2.45) is 0 Å². The fourth-order valence-electron chi connectivity index (χ4n) is 4.79. The third kappa shape index (κ3) is 3.38. The third-order valence-corrected chi connectivity index (χ3v) is 6.38. The van der Waals surface area contributed by atoms with Crippen molar-refractivity contribution in [3.63, 3.8) is 0 Å². The van der Waals surface area contributed by atoms with Crippen LogP contribution in [0.4, 0.5) is 4.79 Å². The molecule has 0 saturated heterocycles. The molecule has 0 atom stereocenters.